The predicted molar refractivity (Wildman–Crippen MR) is 51.5 cm³/mol. The monoisotopic (exact) mass is 197 g/mol. The number of ketones is 1. The molecule has 1 aliphatic carbocycles. The predicted octanol–water partition coefficient (Wildman–Crippen LogP) is 0.556. The molecule has 0 aromatic heterocycles. The van der Waals surface area contributed by atoms with E-state index in [0.717, 1.165) is 5.57 Å². The number of Topliss-reactive ketones (excluding diaryl/α,β-unsaturated/α-hetero) is 1. The van der Waals surface area contributed by atoms with Crippen LogP contribution in [0.15, 0.2) is 11.1 Å². The van der Waals surface area contributed by atoms with Gasteiger partial charge in [-0.2, -0.15) is 0 Å². The van der Waals surface area contributed by atoms with Crippen molar-refractivity contribution in [3.63, 3.8) is 0 Å². The molecule has 0 fully saturated rings. The summed E-state index contributed by atoms with van der Waals surface area (Å²) >= 11 is 0. The maximum atomic E-state index is 11.5. The van der Waals surface area contributed by atoms with Crippen LogP contribution in [0.25, 0.3) is 0 Å². The second-order valence-corrected chi connectivity index (χ2v) is 3.67. The van der Waals surface area contributed by atoms with Gasteiger partial charge in [0.1, 0.15) is 5.54 Å². The molecule has 0 aromatic carbocycles. The highest BCUT2D eigenvalue weighted by Crippen LogP contribution is 2.34. The van der Waals surface area contributed by atoms with E-state index in [9.17, 15) is 9.59 Å². The van der Waals surface area contributed by atoms with Crippen LogP contribution in [0.4, 0.5) is 0 Å². The van der Waals surface area contributed by atoms with Gasteiger partial charge in [-0.3, -0.25) is 4.79 Å². The van der Waals surface area contributed by atoms with Crippen LogP contribution in [0.2, 0.25) is 0 Å². The maximum Gasteiger partial charge on any atom is 0.330 e. The lowest BCUT2D eigenvalue weighted by atomic mass is 9.89. The Kier molecular flexibility index (Phi) is 2.76. The molecule has 4 heteroatoms. The molecule has 2 N–H and O–H groups in total. The number of allylic oxidation sites excluding steroid dienone is 1. The van der Waals surface area contributed by atoms with Crippen molar-refractivity contribution < 1.29 is 14.3 Å². The average Bonchev–Trinajstić information content (AvgIpc) is 2.42. The van der Waals surface area contributed by atoms with Crippen molar-refractivity contribution in [3.8, 4) is 0 Å². The Morgan fingerprint density at radius 3 is 2.50 bits per heavy atom. The van der Waals surface area contributed by atoms with E-state index in [2.05, 4.69) is 4.74 Å². The standard InChI is InChI=1S/C10H15NO3/c1-6-4-5-10(11,9(13)14-3)8(6)7(2)12/h4-5,11H2,1-3H3/t10-/m0/s1. The molecule has 0 radical (unpaired) electrons. The second-order valence-electron chi connectivity index (χ2n) is 3.67. The zero-order chi connectivity index (χ0) is 10.9. The highest BCUT2D eigenvalue weighted by molar-refractivity contribution is 6.05. The van der Waals surface area contributed by atoms with E-state index in [1.165, 1.54) is 14.0 Å². The Morgan fingerprint density at radius 1 is 1.50 bits per heavy atom. The lowest BCUT2D eigenvalue weighted by Crippen LogP contribution is -2.50. The molecule has 1 atom stereocenters. The van der Waals surface area contributed by atoms with Crippen LogP contribution in [0.5, 0.6) is 0 Å². The second kappa shape index (κ2) is 3.53. The normalized spacial score (nSPS) is 26.6. The zero-order valence-electron chi connectivity index (χ0n) is 8.72. The largest absolute Gasteiger partial charge is 0.467 e. The smallest absolute Gasteiger partial charge is 0.330 e. The summed E-state index contributed by atoms with van der Waals surface area (Å²) in [6, 6.07) is 0. The summed E-state index contributed by atoms with van der Waals surface area (Å²) in [6.45, 7) is 3.25. The number of ether oxygens (including phenoxy) is 1. The van der Waals surface area contributed by atoms with Gasteiger partial charge in [-0.1, -0.05) is 5.57 Å². The molecule has 4 nitrogen and oxygen atoms in total. The van der Waals surface area contributed by atoms with Crippen molar-refractivity contribution in [3.05, 3.63) is 11.1 Å². The minimum atomic E-state index is -1.22. The molecule has 0 saturated carbocycles. The van der Waals surface area contributed by atoms with E-state index in [0.29, 0.717) is 18.4 Å². The number of carbonyl (C=O) groups excluding carboxylic acids is 2. The van der Waals surface area contributed by atoms with Crippen molar-refractivity contribution in [1.29, 1.82) is 0 Å². The number of hydrogen-bond donors (Lipinski definition) is 1. The maximum absolute atomic E-state index is 11.5. The van der Waals surface area contributed by atoms with Crippen LogP contribution < -0.4 is 5.73 Å². The summed E-state index contributed by atoms with van der Waals surface area (Å²) in [5.41, 5.74) is 5.99. The van der Waals surface area contributed by atoms with E-state index in [4.69, 9.17) is 5.73 Å². The molecular weight excluding hydrogens is 182 g/mol. The van der Waals surface area contributed by atoms with Gasteiger partial charge in [0.25, 0.3) is 0 Å². The van der Waals surface area contributed by atoms with Crippen molar-refractivity contribution >= 4 is 11.8 Å². The highest BCUT2D eigenvalue weighted by Gasteiger charge is 2.45. The minimum absolute atomic E-state index is 0.145. The van der Waals surface area contributed by atoms with E-state index < -0.39 is 11.5 Å². The molecule has 0 saturated heterocycles. The van der Waals surface area contributed by atoms with E-state index in [-0.39, 0.29) is 5.78 Å². The summed E-state index contributed by atoms with van der Waals surface area (Å²) in [6.07, 6.45) is 1.14. The van der Waals surface area contributed by atoms with Crippen molar-refractivity contribution in [2.75, 3.05) is 7.11 Å². The summed E-state index contributed by atoms with van der Waals surface area (Å²) < 4.78 is 4.62. The Balaban J connectivity index is 3.14. The molecule has 0 aliphatic heterocycles. The fourth-order valence-corrected chi connectivity index (χ4v) is 2.02. The van der Waals surface area contributed by atoms with Crippen LogP contribution in [-0.4, -0.2) is 24.4 Å². The van der Waals surface area contributed by atoms with Gasteiger partial charge in [-0.15, -0.1) is 0 Å². The summed E-state index contributed by atoms with van der Waals surface area (Å²) in [5, 5.41) is 0. The van der Waals surface area contributed by atoms with Crippen LogP contribution in [0.1, 0.15) is 26.7 Å². The summed E-state index contributed by atoms with van der Waals surface area (Å²) in [4.78, 5) is 22.8. The molecule has 0 aromatic rings. The van der Waals surface area contributed by atoms with Crippen LogP contribution in [0, 0.1) is 0 Å². The van der Waals surface area contributed by atoms with Crippen LogP contribution in [-0.2, 0) is 14.3 Å². The molecule has 1 aliphatic rings. The Bertz CT molecular complexity index is 319. The number of carbonyl (C=O) groups is 2. The van der Waals surface area contributed by atoms with Gasteiger partial charge < -0.3 is 10.5 Å². The van der Waals surface area contributed by atoms with Crippen molar-refractivity contribution in [1.82, 2.24) is 0 Å². The average molecular weight is 197 g/mol. The molecule has 78 valence electrons. The van der Waals surface area contributed by atoms with Gasteiger partial charge in [-0.05, 0) is 26.7 Å². The van der Waals surface area contributed by atoms with Gasteiger partial charge >= 0.3 is 5.97 Å². The van der Waals surface area contributed by atoms with Crippen molar-refractivity contribution in [2.24, 2.45) is 5.73 Å². The third-order valence-corrected chi connectivity index (χ3v) is 2.67. The highest BCUT2D eigenvalue weighted by atomic mass is 16.5. The molecule has 0 unspecified atom stereocenters. The van der Waals surface area contributed by atoms with Crippen molar-refractivity contribution in [2.45, 2.75) is 32.2 Å². The molecule has 14 heavy (non-hydrogen) atoms. The lowest BCUT2D eigenvalue weighted by Gasteiger charge is -2.23. The molecule has 0 spiro atoms. The minimum Gasteiger partial charge on any atom is -0.467 e. The first-order valence-electron chi connectivity index (χ1n) is 4.52. The number of esters is 1. The van der Waals surface area contributed by atoms with Gasteiger partial charge in [0.2, 0.25) is 0 Å². The quantitative estimate of drug-likeness (QED) is 0.656. The van der Waals surface area contributed by atoms with Gasteiger partial charge in [0.05, 0.1) is 7.11 Å². The Labute approximate surface area is 83.1 Å². The first-order valence-corrected chi connectivity index (χ1v) is 4.52. The first-order chi connectivity index (χ1) is 6.43. The van der Waals surface area contributed by atoms with Gasteiger partial charge in [0, 0.05) is 5.57 Å². The molecule has 0 bridgehead atoms. The number of nitrogens with two attached hydrogens (primary N) is 1. The van der Waals surface area contributed by atoms with E-state index >= 15 is 0 Å². The topological polar surface area (TPSA) is 69.4 Å². The van der Waals surface area contributed by atoms with E-state index in [1.54, 1.807) is 0 Å². The molecule has 0 heterocycles. The Hall–Kier alpha value is -1.16. The zero-order valence-corrected chi connectivity index (χ0v) is 8.72. The third kappa shape index (κ3) is 1.46. The number of hydrogen-bond acceptors (Lipinski definition) is 4. The molecule has 0 amide bonds. The van der Waals surface area contributed by atoms with Gasteiger partial charge in [-0.25, -0.2) is 4.79 Å². The summed E-state index contributed by atoms with van der Waals surface area (Å²) in [7, 11) is 1.28. The molecular formula is C10H15NO3. The SMILES string of the molecule is COC(=O)[C@]1(N)CCC(C)=C1C(C)=O. The molecule has 1 rings (SSSR count). The number of rotatable bonds is 2. The Morgan fingerprint density at radius 2 is 2.07 bits per heavy atom. The third-order valence-electron chi connectivity index (χ3n) is 2.67. The fraction of sp³-hybridized carbons (Fsp3) is 0.600. The number of methoxy groups -OCH3 is 1. The lowest BCUT2D eigenvalue weighted by molar-refractivity contribution is -0.146. The first kappa shape index (κ1) is 10.9. The van der Waals surface area contributed by atoms with Crippen LogP contribution in [0.3, 0.4) is 0 Å². The van der Waals surface area contributed by atoms with E-state index in [1.807, 2.05) is 6.92 Å². The van der Waals surface area contributed by atoms with Crippen LogP contribution >= 0.6 is 0 Å². The van der Waals surface area contributed by atoms with Gasteiger partial charge in [0.15, 0.2) is 5.78 Å². The summed E-state index contributed by atoms with van der Waals surface area (Å²) in [5.74, 6) is -0.674. The fourth-order valence-electron chi connectivity index (χ4n) is 2.02.